The van der Waals surface area contributed by atoms with Crippen LogP contribution < -0.4 is 0 Å². The Morgan fingerprint density at radius 2 is 2.33 bits per heavy atom. The van der Waals surface area contributed by atoms with Gasteiger partial charge in [0.2, 0.25) is 0 Å². The van der Waals surface area contributed by atoms with Crippen LogP contribution in [-0.4, -0.2) is 34.5 Å². The van der Waals surface area contributed by atoms with E-state index in [1.54, 1.807) is 0 Å². The molecular weight excluding hydrogens is 158 g/mol. The van der Waals surface area contributed by atoms with Crippen molar-refractivity contribution < 1.29 is 14.7 Å². The number of likely N-dealkylation sites (tertiary alicyclic amines) is 1. The molecule has 1 aliphatic heterocycles. The first-order valence-corrected chi connectivity index (χ1v) is 4.22. The van der Waals surface area contributed by atoms with E-state index in [0.717, 1.165) is 12.8 Å². The molecule has 66 valence electrons. The fourth-order valence-corrected chi connectivity index (χ4v) is 2.12. The SMILES string of the molecule is O=C1C[C@@H]2[C@H]1CCCN2C(=O)O. The molecule has 0 aromatic heterocycles. The first-order chi connectivity index (χ1) is 5.70. The molecule has 2 atom stereocenters. The van der Waals surface area contributed by atoms with Crippen molar-refractivity contribution in [3.8, 4) is 0 Å². The van der Waals surface area contributed by atoms with Crippen LogP contribution in [0.3, 0.4) is 0 Å². The van der Waals surface area contributed by atoms with Crippen molar-refractivity contribution >= 4 is 11.9 Å². The van der Waals surface area contributed by atoms with Gasteiger partial charge in [-0.05, 0) is 12.8 Å². The number of carboxylic acid groups (broad SMARTS) is 1. The number of Topliss-reactive ketones (excluding diaryl/α,β-unsaturated/α-hetero) is 1. The van der Waals surface area contributed by atoms with E-state index in [1.807, 2.05) is 0 Å². The zero-order valence-electron chi connectivity index (χ0n) is 6.69. The van der Waals surface area contributed by atoms with Gasteiger partial charge in [0.15, 0.2) is 0 Å². The van der Waals surface area contributed by atoms with Gasteiger partial charge in [0.1, 0.15) is 5.78 Å². The monoisotopic (exact) mass is 169 g/mol. The molecule has 4 heteroatoms. The summed E-state index contributed by atoms with van der Waals surface area (Å²) in [5.74, 6) is 0.265. The molecule has 1 saturated heterocycles. The second kappa shape index (κ2) is 2.47. The summed E-state index contributed by atoms with van der Waals surface area (Å²) in [4.78, 5) is 23.1. The average molecular weight is 169 g/mol. The van der Waals surface area contributed by atoms with Crippen LogP contribution in [0.25, 0.3) is 0 Å². The molecule has 1 aliphatic carbocycles. The van der Waals surface area contributed by atoms with Gasteiger partial charge in [-0.15, -0.1) is 0 Å². The predicted molar refractivity (Wildman–Crippen MR) is 40.9 cm³/mol. The van der Waals surface area contributed by atoms with Gasteiger partial charge >= 0.3 is 6.09 Å². The molecule has 12 heavy (non-hydrogen) atoms. The Labute approximate surface area is 70.2 Å². The largest absolute Gasteiger partial charge is 0.465 e. The summed E-state index contributed by atoms with van der Waals surface area (Å²) < 4.78 is 0. The third kappa shape index (κ3) is 0.906. The van der Waals surface area contributed by atoms with Crippen molar-refractivity contribution in [2.75, 3.05) is 6.54 Å². The van der Waals surface area contributed by atoms with Crippen molar-refractivity contribution in [3.05, 3.63) is 0 Å². The van der Waals surface area contributed by atoms with Gasteiger partial charge in [-0.1, -0.05) is 0 Å². The molecular formula is C8H11NO3. The Kier molecular flexibility index (Phi) is 1.56. The average Bonchev–Trinajstić information content (AvgIpc) is 2.02. The maximum absolute atomic E-state index is 11.0. The van der Waals surface area contributed by atoms with E-state index in [0.29, 0.717) is 13.0 Å². The van der Waals surface area contributed by atoms with Crippen LogP contribution in [-0.2, 0) is 4.79 Å². The van der Waals surface area contributed by atoms with Crippen molar-refractivity contribution in [3.63, 3.8) is 0 Å². The molecule has 0 radical (unpaired) electrons. The minimum atomic E-state index is -0.878. The number of carbonyl (C=O) groups is 2. The molecule has 2 aliphatic rings. The molecule has 1 N–H and O–H groups in total. The minimum absolute atomic E-state index is 0.00347. The highest BCUT2D eigenvalue weighted by molar-refractivity contribution is 5.90. The smallest absolute Gasteiger partial charge is 0.407 e. The standard InChI is InChI=1S/C8H11NO3/c10-7-4-6-5(7)2-1-3-9(6)8(11)12/h5-6H,1-4H2,(H,11,12)/t5-,6-/m1/s1. The molecule has 2 fully saturated rings. The highest BCUT2D eigenvalue weighted by Crippen LogP contribution is 2.36. The summed E-state index contributed by atoms with van der Waals surface area (Å²) in [7, 11) is 0. The van der Waals surface area contributed by atoms with Crippen LogP contribution in [0.1, 0.15) is 19.3 Å². The van der Waals surface area contributed by atoms with Crippen LogP contribution in [0, 0.1) is 5.92 Å². The van der Waals surface area contributed by atoms with Gasteiger partial charge in [0.25, 0.3) is 0 Å². The number of ketones is 1. The van der Waals surface area contributed by atoms with Gasteiger partial charge in [-0.25, -0.2) is 4.79 Å². The topological polar surface area (TPSA) is 57.6 Å². The van der Waals surface area contributed by atoms with Gasteiger partial charge < -0.3 is 10.0 Å². The highest BCUT2D eigenvalue weighted by Gasteiger charge is 2.46. The zero-order valence-corrected chi connectivity index (χ0v) is 6.69. The quantitative estimate of drug-likeness (QED) is 0.581. The van der Waals surface area contributed by atoms with E-state index in [1.165, 1.54) is 4.90 Å². The van der Waals surface area contributed by atoms with Crippen molar-refractivity contribution in [1.29, 1.82) is 0 Å². The predicted octanol–water partition coefficient (Wildman–Crippen LogP) is 0.718. The number of nitrogens with zero attached hydrogens (tertiary/aromatic N) is 1. The molecule has 0 bridgehead atoms. The second-order valence-electron chi connectivity index (χ2n) is 3.46. The Hall–Kier alpha value is -1.06. The van der Waals surface area contributed by atoms with E-state index in [-0.39, 0.29) is 17.7 Å². The fraction of sp³-hybridized carbons (Fsp3) is 0.750. The molecule has 1 heterocycles. The summed E-state index contributed by atoms with van der Waals surface area (Å²) in [6.45, 7) is 0.601. The lowest BCUT2D eigenvalue weighted by Gasteiger charge is -2.45. The zero-order chi connectivity index (χ0) is 8.72. The number of hydrogen-bond acceptors (Lipinski definition) is 2. The summed E-state index contributed by atoms with van der Waals surface area (Å²) in [5.41, 5.74) is 0. The third-order valence-corrected chi connectivity index (χ3v) is 2.85. The number of carbonyl (C=O) groups excluding carboxylic acids is 1. The lowest BCUT2D eigenvalue weighted by molar-refractivity contribution is -0.137. The second-order valence-corrected chi connectivity index (χ2v) is 3.46. The van der Waals surface area contributed by atoms with Crippen LogP contribution in [0.4, 0.5) is 4.79 Å². The lowest BCUT2D eigenvalue weighted by atomic mass is 9.72. The molecule has 0 unspecified atom stereocenters. The minimum Gasteiger partial charge on any atom is -0.465 e. The van der Waals surface area contributed by atoms with E-state index in [4.69, 9.17) is 5.11 Å². The number of piperidine rings is 1. The maximum Gasteiger partial charge on any atom is 0.407 e. The first kappa shape index (κ1) is 7.58. The van der Waals surface area contributed by atoms with Crippen LogP contribution in [0.2, 0.25) is 0 Å². The number of amides is 1. The Balaban J connectivity index is 2.08. The molecule has 0 aromatic rings. The summed E-state index contributed by atoms with van der Waals surface area (Å²) in [5, 5.41) is 8.76. The number of rotatable bonds is 0. The van der Waals surface area contributed by atoms with Gasteiger partial charge in [-0.2, -0.15) is 0 Å². The van der Waals surface area contributed by atoms with Crippen molar-refractivity contribution in [2.45, 2.75) is 25.3 Å². The fourth-order valence-electron chi connectivity index (χ4n) is 2.12. The van der Waals surface area contributed by atoms with E-state index < -0.39 is 6.09 Å². The maximum atomic E-state index is 11.0. The first-order valence-electron chi connectivity index (χ1n) is 4.22. The van der Waals surface area contributed by atoms with Crippen LogP contribution in [0.15, 0.2) is 0 Å². The van der Waals surface area contributed by atoms with Gasteiger partial charge in [0.05, 0.1) is 6.04 Å². The van der Waals surface area contributed by atoms with Gasteiger partial charge in [-0.3, -0.25) is 4.79 Å². The normalized spacial score (nSPS) is 34.0. The van der Waals surface area contributed by atoms with Crippen molar-refractivity contribution in [2.24, 2.45) is 5.92 Å². The molecule has 1 saturated carbocycles. The number of hydrogen-bond donors (Lipinski definition) is 1. The lowest BCUT2D eigenvalue weighted by Crippen LogP contribution is -2.57. The van der Waals surface area contributed by atoms with Crippen LogP contribution in [0.5, 0.6) is 0 Å². The number of fused-ring (bicyclic) bond motifs is 1. The van der Waals surface area contributed by atoms with Gasteiger partial charge in [0, 0.05) is 18.9 Å². The Bertz CT molecular complexity index is 238. The highest BCUT2D eigenvalue weighted by atomic mass is 16.4. The molecule has 0 spiro atoms. The van der Waals surface area contributed by atoms with E-state index in [2.05, 4.69) is 0 Å². The van der Waals surface area contributed by atoms with Crippen molar-refractivity contribution in [1.82, 2.24) is 4.90 Å². The Morgan fingerprint density at radius 1 is 1.58 bits per heavy atom. The summed E-state index contributed by atoms with van der Waals surface area (Å²) in [6.07, 6.45) is 1.28. The Morgan fingerprint density at radius 3 is 2.92 bits per heavy atom. The molecule has 4 nitrogen and oxygen atoms in total. The summed E-state index contributed by atoms with van der Waals surface area (Å²) in [6, 6.07) is 0.00347. The summed E-state index contributed by atoms with van der Waals surface area (Å²) >= 11 is 0. The third-order valence-electron chi connectivity index (χ3n) is 2.85. The molecule has 2 rings (SSSR count). The van der Waals surface area contributed by atoms with Crippen LogP contribution >= 0.6 is 0 Å². The molecule has 1 amide bonds. The molecule has 0 aromatic carbocycles. The van der Waals surface area contributed by atoms with E-state index in [9.17, 15) is 9.59 Å². The van der Waals surface area contributed by atoms with E-state index >= 15 is 0 Å².